The van der Waals surface area contributed by atoms with Gasteiger partial charge in [0.15, 0.2) is 16.0 Å². The molecule has 27 heavy (non-hydrogen) atoms. The second-order valence-electron chi connectivity index (χ2n) is 6.92. The van der Waals surface area contributed by atoms with Crippen LogP contribution in [0.15, 0.2) is 44.6 Å². The molecule has 0 aliphatic carbocycles. The zero-order chi connectivity index (χ0) is 18.8. The van der Waals surface area contributed by atoms with Crippen LogP contribution in [-0.4, -0.2) is 38.5 Å². The Morgan fingerprint density at radius 3 is 3.04 bits per heavy atom. The number of carbonyl (C=O) groups excluding carboxylic acids is 1. The van der Waals surface area contributed by atoms with E-state index in [0.29, 0.717) is 5.78 Å². The topological polar surface area (TPSA) is 64.2 Å². The normalized spacial score (nSPS) is 18.1. The maximum atomic E-state index is 12.8. The summed E-state index contributed by atoms with van der Waals surface area (Å²) in [7, 11) is 1.91. The monoisotopic (exact) mass is 402 g/mol. The number of furan rings is 1. The maximum absolute atomic E-state index is 12.8. The molecule has 8 heteroatoms. The van der Waals surface area contributed by atoms with Crippen LogP contribution in [0.5, 0.6) is 0 Å². The van der Waals surface area contributed by atoms with Crippen LogP contribution >= 0.6 is 23.1 Å². The summed E-state index contributed by atoms with van der Waals surface area (Å²) in [5.74, 6) is 1.30. The summed E-state index contributed by atoms with van der Waals surface area (Å²) in [6.45, 7) is 4.54. The molecule has 0 unspecified atom stereocenters. The summed E-state index contributed by atoms with van der Waals surface area (Å²) in [4.78, 5) is 16.1. The molecule has 3 aromatic rings. The van der Waals surface area contributed by atoms with E-state index in [0.717, 1.165) is 58.9 Å². The van der Waals surface area contributed by atoms with Crippen LogP contribution in [0.3, 0.4) is 0 Å². The van der Waals surface area contributed by atoms with Crippen molar-refractivity contribution in [1.82, 2.24) is 19.7 Å². The number of Topliss-reactive ketones (excluding diaryl/α,β-unsaturated/α-hetero) is 1. The SMILES string of the molecule is Cc1ccsc1C(=O)[C@H]1CCCN(Cc2ccc(Sc3nncn3C)o2)C1. The largest absolute Gasteiger partial charge is 0.453 e. The van der Waals surface area contributed by atoms with Gasteiger partial charge in [0.25, 0.3) is 0 Å². The molecule has 0 radical (unpaired) electrons. The minimum Gasteiger partial charge on any atom is -0.453 e. The lowest BCUT2D eigenvalue weighted by molar-refractivity contribution is 0.0804. The molecular weight excluding hydrogens is 380 g/mol. The Hall–Kier alpha value is -1.90. The lowest BCUT2D eigenvalue weighted by Crippen LogP contribution is -2.38. The van der Waals surface area contributed by atoms with E-state index in [-0.39, 0.29) is 5.92 Å². The van der Waals surface area contributed by atoms with Crippen LogP contribution < -0.4 is 0 Å². The maximum Gasteiger partial charge on any atom is 0.198 e. The Bertz CT molecular complexity index is 930. The molecule has 0 spiro atoms. The first-order chi connectivity index (χ1) is 13.1. The van der Waals surface area contributed by atoms with Crippen molar-refractivity contribution in [2.75, 3.05) is 13.1 Å². The average molecular weight is 403 g/mol. The number of aryl methyl sites for hydroxylation is 2. The second-order valence-corrected chi connectivity index (χ2v) is 8.81. The number of ketones is 1. The molecule has 3 aromatic heterocycles. The van der Waals surface area contributed by atoms with Crippen molar-refractivity contribution >= 4 is 28.9 Å². The van der Waals surface area contributed by atoms with Gasteiger partial charge in [-0.15, -0.1) is 21.5 Å². The van der Waals surface area contributed by atoms with Crippen LogP contribution in [0, 0.1) is 12.8 Å². The highest BCUT2D eigenvalue weighted by Gasteiger charge is 2.28. The lowest BCUT2D eigenvalue weighted by atomic mass is 9.92. The molecular formula is C19H22N4O2S2. The molecule has 0 amide bonds. The van der Waals surface area contributed by atoms with Crippen LogP contribution in [-0.2, 0) is 13.6 Å². The fraction of sp³-hybridized carbons (Fsp3) is 0.421. The number of rotatable bonds is 6. The zero-order valence-corrected chi connectivity index (χ0v) is 17.1. The van der Waals surface area contributed by atoms with Gasteiger partial charge in [-0.2, -0.15) is 0 Å². The van der Waals surface area contributed by atoms with Crippen LogP contribution in [0.25, 0.3) is 0 Å². The van der Waals surface area contributed by atoms with Crippen molar-refractivity contribution < 1.29 is 9.21 Å². The molecule has 4 rings (SSSR count). The van der Waals surface area contributed by atoms with Gasteiger partial charge >= 0.3 is 0 Å². The Kier molecular flexibility index (Phi) is 5.47. The molecule has 4 heterocycles. The summed E-state index contributed by atoms with van der Waals surface area (Å²) in [5, 5.41) is 11.6. The molecule has 1 aliphatic heterocycles. The highest BCUT2D eigenvalue weighted by Crippen LogP contribution is 2.29. The molecule has 1 fully saturated rings. The van der Waals surface area contributed by atoms with Crippen molar-refractivity contribution in [3.05, 3.63) is 46.1 Å². The number of nitrogens with zero attached hydrogens (tertiary/aromatic N) is 4. The summed E-state index contributed by atoms with van der Waals surface area (Å²) in [6, 6.07) is 6.00. The van der Waals surface area contributed by atoms with E-state index in [4.69, 9.17) is 4.42 Å². The standard InChI is InChI=1S/C19H22N4O2S2/c1-13-7-9-26-18(13)17(24)14-4-3-8-23(10-14)11-15-5-6-16(25-15)27-19-21-20-12-22(19)2/h5-7,9,12,14H,3-4,8,10-11H2,1-2H3/t14-/m0/s1. The van der Waals surface area contributed by atoms with Gasteiger partial charge in [-0.25, -0.2) is 0 Å². The van der Waals surface area contributed by atoms with Crippen molar-refractivity contribution in [3.63, 3.8) is 0 Å². The molecule has 1 saturated heterocycles. The third-order valence-corrected chi connectivity index (χ3v) is 6.84. The number of hydrogen-bond acceptors (Lipinski definition) is 7. The van der Waals surface area contributed by atoms with Gasteiger partial charge in [0.2, 0.25) is 0 Å². The minimum absolute atomic E-state index is 0.0820. The summed E-state index contributed by atoms with van der Waals surface area (Å²) >= 11 is 3.02. The first kappa shape index (κ1) is 18.5. The number of aromatic nitrogens is 3. The molecule has 142 valence electrons. The number of piperidine rings is 1. The number of likely N-dealkylation sites (tertiary alicyclic amines) is 1. The van der Waals surface area contributed by atoms with Crippen molar-refractivity contribution in [3.8, 4) is 0 Å². The van der Waals surface area contributed by atoms with E-state index >= 15 is 0 Å². The lowest BCUT2D eigenvalue weighted by Gasteiger charge is -2.31. The third kappa shape index (κ3) is 4.17. The highest BCUT2D eigenvalue weighted by atomic mass is 32.2. The predicted molar refractivity (Wildman–Crippen MR) is 105 cm³/mol. The van der Waals surface area contributed by atoms with Gasteiger partial charge in [0.05, 0.1) is 11.4 Å². The van der Waals surface area contributed by atoms with E-state index in [9.17, 15) is 4.79 Å². The minimum atomic E-state index is 0.0820. The second kappa shape index (κ2) is 8.00. The number of thiophene rings is 1. The fourth-order valence-corrected chi connectivity index (χ4v) is 5.09. The zero-order valence-electron chi connectivity index (χ0n) is 15.4. The first-order valence-corrected chi connectivity index (χ1v) is 10.7. The van der Waals surface area contributed by atoms with Crippen LogP contribution in [0.4, 0.5) is 0 Å². The van der Waals surface area contributed by atoms with E-state index in [1.165, 1.54) is 11.8 Å². The van der Waals surface area contributed by atoms with E-state index in [1.54, 1.807) is 17.7 Å². The van der Waals surface area contributed by atoms with Gasteiger partial charge in [-0.05, 0) is 67.2 Å². The van der Waals surface area contributed by atoms with Gasteiger partial charge < -0.3 is 8.98 Å². The molecule has 0 aromatic carbocycles. The van der Waals surface area contributed by atoms with E-state index in [2.05, 4.69) is 15.1 Å². The Balaban J connectivity index is 1.37. The molecule has 1 atom stereocenters. The van der Waals surface area contributed by atoms with E-state index < -0.39 is 0 Å². The Labute approximate surface area is 166 Å². The smallest absolute Gasteiger partial charge is 0.198 e. The van der Waals surface area contributed by atoms with Crippen LogP contribution in [0.2, 0.25) is 0 Å². The van der Waals surface area contributed by atoms with Gasteiger partial charge in [0.1, 0.15) is 12.1 Å². The number of carbonyl (C=O) groups is 1. The van der Waals surface area contributed by atoms with Crippen molar-refractivity contribution in [1.29, 1.82) is 0 Å². The van der Waals surface area contributed by atoms with Gasteiger partial charge in [0, 0.05) is 19.5 Å². The fourth-order valence-electron chi connectivity index (χ4n) is 3.40. The highest BCUT2D eigenvalue weighted by molar-refractivity contribution is 7.99. The molecule has 1 aliphatic rings. The number of hydrogen-bond donors (Lipinski definition) is 0. The van der Waals surface area contributed by atoms with Crippen LogP contribution in [0.1, 0.15) is 33.8 Å². The van der Waals surface area contributed by atoms with Crippen molar-refractivity contribution in [2.24, 2.45) is 13.0 Å². The summed E-state index contributed by atoms with van der Waals surface area (Å²) in [6.07, 6.45) is 3.69. The molecule has 0 saturated carbocycles. The summed E-state index contributed by atoms with van der Waals surface area (Å²) < 4.78 is 7.82. The molecule has 0 N–H and O–H groups in total. The average Bonchev–Trinajstić information content (AvgIpc) is 3.38. The Morgan fingerprint density at radius 2 is 2.30 bits per heavy atom. The van der Waals surface area contributed by atoms with Gasteiger partial charge in [-0.3, -0.25) is 9.69 Å². The summed E-state index contributed by atoms with van der Waals surface area (Å²) in [5.41, 5.74) is 1.10. The third-order valence-electron chi connectivity index (χ3n) is 4.84. The predicted octanol–water partition coefficient (Wildman–Crippen LogP) is 4.02. The van der Waals surface area contributed by atoms with Crippen molar-refractivity contribution in [2.45, 2.75) is 36.6 Å². The molecule has 0 bridgehead atoms. The first-order valence-electron chi connectivity index (χ1n) is 9.01. The molecule has 6 nitrogen and oxygen atoms in total. The quantitative estimate of drug-likeness (QED) is 0.580. The Morgan fingerprint density at radius 1 is 1.41 bits per heavy atom. The van der Waals surface area contributed by atoms with Gasteiger partial charge in [-0.1, -0.05) is 0 Å². The van der Waals surface area contributed by atoms with E-state index in [1.807, 2.05) is 42.1 Å².